The zero-order chi connectivity index (χ0) is 21.7. The van der Waals surface area contributed by atoms with E-state index in [0.717, 1.165) is 35.8 Å². The molecule has 0 amide bonds. The fraction of sp³-hybridized carbons (Fsp3) is 0.476. The Kier molecular flexibility index (Phi) is 6.94. The standard InChI is InChI=1S/C21H28N4O5/c1-29-17-8-7-13(11-18(17)30-2)9-10-25-20(27)14(19(26)24-21(25)28)12-23-16-6-4-3-5-15(16)22/h7-8,11-12,15-16,27H,3-6,9-10,22H2,1-2H3,(H,24,26,28). The molecule has 1 aromatic heterocycles. The molecule has 1 saturated carbocycles. The first-order chi connectivity index (χ1) is 14.4. The molecule has 162 valence electrons. The summed E-state index contributed by atoms with van der Waals surface area (Å²) in [6.07, 6.45) is 5.59. The second-order valence-electron chi connectivity index (χ2n) is 7.38. The number of benzene rings is 1. The van der Waals surface area contributed by atoms with Gasteiger partial charge in [-0.25, -0.2) is 4.79 Å². The second kappa shape index (κ2) is 9.62. The van der Waals surface area contributed by atoms with E-state index in [0.29, 0.717) is 17.9 Å². The van der Waals surface area contributed by atoms with Crippen LogP contribution >= 0.6 is 0 Å². The first-order valence-electron chi connectivity index (χ1n) is 10.00. The van der Waals surface area contributed by atoms with Crippen molar-refractivity contribution in [3.05, 3.63) is 50.2 Å². The van der Waals surface area contributed by atoms with Crippen molar-refractivity contribution in [3.8, 4) is 17.4 Å². The van der Waals surface area contributed by atoms with Crippen LogP contribution in [0.5, 0.6) is 17.4 Å². The minimum Gasteiger partial charge on any atom is -0.494 e. The van der Waals surface area contributed by atoms with Crippen molar-refractivity contribution in [1.82, 2.24) is 9.55 Å². The molecule has 2 aromatic rings. The zero-order valence-electron chi connectivity index (χ0n) is 17.3. The first kappa shape index (κ1) is 21.6. The van der Waals surface area contributed by atoms with Gasteiger partial charge in [0.25, 0.3) is 5.56 Å². The van der Waals surface area contributed by atoms with Crippen LogP contribution in [0, 0.1) is 0 Å². The predicted molar refractivity (Wildman–Crippen MR) is 114 cm³/mol. The van der Waals surface area contributed by atoms with E-state index in [-0.39, 0.29) is 24.2 Å². The van der Waals surface area contributed by atoms with Gasteiger partial charge in [0, 0.05) is 18.8 Å². The molecule has 9 nitrogen and oxygen atoms in total. The summed E-state index contributed by atoms with van der Waals surface area (Å²) in [6, 6.07) is 5.27. The highest BCUT2D eigenvalue weighted by Gasteiger charge is 2.21. The predicted octanol–water partition coefficient (Wildman–Crippen LogP) is 1.19. The fourth-order valence-electron chi connectivity index (χ4n) is 3.67. The lowest BCUT2D eigenvalue weighted by Gasteiger charge is -2.24. The number of aromatic amines is 1. The van der Waals surface area contributed by atoms with Gasteiger partial charge in [-0.15, -0.1) is 0 Å². The molecule has 1 aliphatic rings. The van der Waals surface area contributed by atoms with Gasteiger partial charge in [-0.1, -0.05) is 18.9 Å². The van der Waals surface area contributed by atoms with E-state index in [1.54, 1.807) is 26.4 Å². The van der Waals surface area contributed by atoms with Crippen LogP contribution in [0.2, 0.25) is 0 Å². The van der Waals surface area contributed by atoms with E-state index >= 15 is 0 Å². The number of methoxy groups -OCH3 is 2. The smallest absolute Gasteiger partial charge is 0.331 e. The summed E-state index contributed by atoms with van der Waals surface area (Å²) in [5, 5.41) is 10.6. The Morgan fingerprint density at radius 1 is 1.23 bits per heavy atom. The molecule has 2 unspecified atom stereocenters. The second-order valence-corrected chi connectivity index (χ2v) is 7.38. The van der Waals surface area contributed by atoms with Gasteiger partial charge < -0.3 is 20.3 Å². The molecule has 4 N–H and O–H groups in total. The number of aromatic nitrogens is 2. The Bertz CT molecular complexity index is 1030. The van der Waals surface area contributed by atoms with Crippen molar-refractivity contribution >= 4 is 6.21 Å². The van der Waals surface area contributed by atoms with Gasteiger partial charge in [0.2, 0.25) is 5.88 Å². The summed E-state index contributed by atoms with van der Waals surface area (Å²) < 4.78 is 11.6. The number of nitrogens with one attached hydrogen (secondary N) is 1. The third-order valence-electron chi connectivity index (χ3n) is 5.46. The van der Waals surface area contributed by atoms with Crippen molar-refractivity contribution in [2.24, 2.45) is 10.7 Å². The SMILES string of the molecule is COc1ccc(CCn2c(O)c(C=NC3CCCCC3N)c(=O)[nH]c2=O)cc1OC. The van der Waals surface area contributed by atoms with E-state index in [2.05, 4.69) is 9.98 Å². The molecule has 0 saturated heterocycles. The Morgan fingerprint density at radius 3 is 2.67 bits per heavy atom. The van der Waals surface area contributed by atoms with Gasteiger partial charge in [-0.3, -0.25) is 19.3 Å². The highest BCUT2D eigenvalue weighted by atomic mass is 16.5. The van der Waals surface area contributed by atoms with E-state index in [1.165, 1.54) is 6.21 Å². The Morgan fingerprint density at radius 2 is 1.97 bits per heavy atom. The zero-order valence-corrected chi connectivity index (χ0v) is 17.3. The summed E-state index contributed by atoms with van der Waals surface area (Å²) >= 11 is 0. The third kappa shape index (κ3) is 4.73. The van der Waals surface area contributed by atoms with Gasteiger partial charge in [0.15, 0.2) is 11.5 Å². The fourth-order valence-corrected chi connectivity index (χ4v) is 3.67. The maximum atomic E-state index is 12.3. The number of ether oxygens (including phenoxy) is 2. The molecule has 1 heterocycles. The van der Waals surface area contributed by atoms with Crippen LogP contribution in [0.25, 0.3) is 0 Å². The summed E-state index contributed by atoms with van der Waals surface area (Å²) in [4.78, 5) is 31.1. The Hall–Kier alpha value is -3.07. The monoisotopic (exact) mass is 416 g/mol. The van der Waals surface area contributed by atoms with Crippen molar-refractivity contribution in [3.63, 3.8) is 0 Å². The number of rotatable bonds is 7. The van der Waals surface area contributed by atoms with E-state index in [1.807, 2.05) is 6.07 Å². The molecule has 0 bridgehead atoms. The van der Waals surface area contributed by atoms with Crippen LogP contribution in [0.4, 0.5) is 0 Å². The lowest BCUT2D eigenvalue weighted by Crippen LogP contribution is -2.37. The molecule has 1 fully saturated rings. The Labute approximate surface area is 174 Å². The molecule has 0 aliphatic heterocycles. The highest BCUT2D eigenvalue weighted by Crippen LogP contribution is 2.28. The molecule has 1 aliphatic carbocycles. The number of aliphatic imine (C=N–C) groups is 1. The van der Waals surface area contributed by atoms with Crippen molar-refractivity contribution in [1.29, 1.82) is 0 Å². The van der Waals surface area contributed by atoms with Gasteiger partial charge in [0.1, 0.15) is 5.56 Å². The third-order valence-corrected chi connectivity index (χ3v) is 5.46. The maximum Gasteiger partial charge on any atom is 0.331 e. The Balaban J connectivity index is 1.83. The van der Waals surface area contributed by atoms with Crippen LogP contribution in [-0.2, 0) is 13.0 Å². The maximum absolute atomic E-state index is 12.3. The minimum absolute atomic E-state index is 0.0420. The number of hydrogen-bond acceptors (Lipinski definition) is 7. The number of nitrogens with two attached hydrogens (primary N) is 1. The number of hydrogen-bond donors (Lipinski definition) is 3. The van der Waals surface area contributed by atoms with Crippen LogP contribution in [0.3, 0.4) is 0 Å². The molecule has 0 spiro atoms. The van der Waals surface area contributed by atoms with E-state index in [4.69, 9.17) is 15.2 Å². The summed E-state index contributed by atoms with van der Waals surface area (Å²) in [7, 11) is 3.10. The molecule has 1 aromatic carbocycles. The van der Waals surface area contributed by atoms with Gasteiger partial charge in [0.05, 0.1) is 20.3 Å². The topological polar surface area (TPSA) is 132 Å². The average molecular weight is 416 g/mol. The first-order valence-corrected chi connectivity index (χ1v) is 10.00. The molecule has 3 rings (SSSR count). The van der Waals surface area contributed by atoms with Gasteiger partial charge in [-0.05, 0) is 37.0 Å². The lowest BCUT2D eigenvalue weighted by atomic mass is 9.91. The number of aromatic hydroxyl groups is 1. The molecule has 30 heavy (non-hydrogen) atoms. The van der Waals surface area contributed by atoms with E-state index in [9.17, 15) is 14.7 Å². The summed E-state index contributed by atoms with van der Waals surface area (Å²) in [5.74, 6) is 0.770. The summed E-state index contributed by atoms with van der Waals surface area (Å²) in [6.45, 7) is 0.167. The van der Waals surface area contributed by atoms with E-state index < -0.39 is 17.1 Å². The molecule has 9 heteroatoms. The quantitative estimate of drug-likeness (QED) is 0.581. The normalized spacial score (nSPS) is 19.2. The molecular formula is C21H28N4O5. The van der Waals surface area contributed by atoms with Crippen LogP contribution in [0.15, 0.2) is 32.8 Å². The van der Waals surface area contributed by atoms with Crippen LogP contribution < -0.4 is 26.5 Å². The molecule has 0 radical (unpaired) electrons. The summed E-state index contributed by atoms with van der Waals surface area (Å²) in [5.41, 5.74) is 5.58. The van der Waals surface area contributed by atoms with Crippen LogP contribution in [-0.4, -0.2) is 47.2 Å². The number of aryl methyl sites for hydroxylation is 1. The largest absolute Gasteiger partial charge is 0.494 e. The van der Waals surface area contributed by atoms with Crippen molar-refractivity contribution in [2.45, 2.75) is 50.7 Å². The van der Waals surface area contributed by atoms with Gasteiger partial charge >= 0.3 is 5.69 Å². The minimum atomic E-state index is -0.676. The lowest BCUT2D eigenvalue weighted by molar-refractivity contribution is 0.354. The average Bonchev–Trinajstić information content (AvgIpc) is 2.74. The molecule has 2 atom stereocenters. The van der Waals surface area contributed by atoms with Crippen molar-refractivity contribution in [2.75, 3.05) is 14.2 Å². The number of nitrogens with zero attached hydrogens (tertiary/aromatic N) is 2. The highest BCUT2D eigenvalue weighted by molar-refractivity contribution is 5.82. The van der Waals surface area contributed by atoms with Crippen molar-refractivity contribution < 1.29 is 14.6 Å². The van der Waals surface area contributed by atoms with Gasteiger partial charge in [-0.2, -0.15) is 0 Å². The number of H-pyrrole nitrogens is 1. The van der Waals surface area contributed by atoms with Crippen LogP contribution in [0.1, 0.15) is 36.8 Å². The molecular weight excluding hydrogens is 388 g/mol.